The van der Waals surface area contributed by atoms with E-state index < -0.39 is 21.1 Å². The van der Waals surface area contributed by atoms with E-state index in [1.165, 1.54) is 12.3 Å². The normalized spacial score (nSPS) is 18.5. The summed E-state index contributed by atoms with van der Waals surface area (Å²) in [5.41, 5.74) is 0.00907. The number of aromatic nitrogens is 1. The third kappa shape index (κ3) is 2.60. The van der Waals surface area contributed by atoms with Crippen LogP contribution in [-0.4, -0.2) is 16.5 Å². The third-order valence-electron chi connectivity index (χ3n) is 1.99. The molecular weight excluding hydrogens is 266 g/mol. The number of nitrogens with zero attached hydrogens (tertiary/aromatic N) is 1. The van der Waals surface area contributed by atoms with Crippen LogP contribution in [-0.2, 0) is 23.6 Å². The van der Waals surface area contributed by atoms with E-state index in [0.717, 1.165) is 0 Å². The minimum atomic E-state index is -4.48. The lowest BCUT2D eigenvalue weighted by atomic mass is 10.3. The smallest absolute Gasteiger partial charge is 0.347 e. The molecule has 1 heterocycles. The molecule has 1 rings (SSSR count). The molecule has 1 aromatic rings. The molecule has 0 saturated carbocycles. The summed E-state index contributed by atoms with van der Waals surface area (Å²) in [5, 5.41) is -2.10. The summed E-state index contributed by atoms with van der Waals surface area (Å²) < 4.78 is 32.3. The Hall–Kier alpha value is -0.680. The molecule has 3 N–H and O–H groups in total. The average molecular weight is 278 g/mol. The van der Waals surface area contributed by atoms with Gasteiger partial charge in [-0.1, -0.05) is 6.07 Å². The Morgan fingerprint density at radius 3 is 2.76 bits per heavy atom. The summed E-state index contributed by atoms with van der Waals surface area (Å²) in [7, 11) is -5.24. The van der Waals surface area contributed by atoms with Crippen molar-refractivity contribution in [3.63, 3.8) is 0 Å². The van der Waals surface area contributed by atoms with Crippen molar-refractivity contribution in [2.75, 3.05) is 6.61 Å². The Kier molecular flexibility index (Phi) is 4.89. The van der Waals surface area contributed by atoms with Crippen molar-refractivity contribution in [2.24, 2.45) is 5.90 Å². The molecule has 0 radical (unpaired) electrons. The van der Waals surface area contributed by atoms with Gasteiger partial charge in [-0.2, -0.15) is 0 Å². The van der Waals surface area contributed by atoms with Crippen LogP contribution < -0.4 is 5.90 Å². The second kappa shape index (κ2) is 5.78. The van der Waals surface area contributed by atoms with Crippen LogP contribution in [0.3, 0.4) is 0 Å². The lowest BCUT2D eigenvalue weighted by Crippen LogP contribution is -2.27. The van der Waals surface area contributed by atoms with E-state index in [2.05, 4.69) is 9.61 Å². The highest BCUT2D eigenvalue weighted by Gasteiger charge is 2.55. The van der Waals surface area contributed by atoms with E-state index in [-0.39, 0.29) is 12.3 Å². The SMILES string of the molecule is CCOC(P=O)(c1ccccn1)P(=O)(O)ON. The summed E-state index contributed by atoms with van der Waals surface area (Å²) in [6, 6.07) is 4.58. The maximum absolute atomic E-state index is 11.9. The fraction of sp³-hybridized carbons (Fsp3) is 0.375. The van der Waals surface area contributed by atoms with Crippen LogP contribution in [0, 0.1) is 0 Å². The van der Waals surface area contributed by atoms with Gasteiger partial charge in [0, 0.05) is 12.8 Å². The minimum absolute atomic E-state index is 0.00907. The molecule has 0 saturated heterocycles. The number of hydrogen-bond donors (Lipinski definition) is 2. The number of rotatable bonds is 6. The lowest BCUT2D eigenvalue weighted by molar-refractivity contribution is 0.0549. The van der Waals surface area contributed by atoms with Crippen molar-refractivity contribution >= 4 is 16.1 Å². The zero-order valence-corrected chi connectivity index (χ0v) is 10.8. The largest absolute Gasteiger partial charge is 0.394 e. The molecule has 0 fully saturated rings. The first kappa shape index (κ1) is 14.4. The van der Waals surface area contributed by atoms with E-state index in [0.29, 0.717) is 0 Å². The van der Waals surface area contributed by atoms with Gasteiger partial charge in [-0.3, -0.25) is 14.1 Å². The fourth-order valence-corrected chi connectivity index (χ4v) is 3.07. The van der Waals surface area contributed by atoms with Crippen molar-refractivity contribution in [2.45, 2.75) is 12.0 Å². The molecule has 0 aliphatic rings. The summed E-state index contributed by atoms with van der Waals surface area (Å²) >= 11 is 0. The molecule has 2 unspecified atom stereocenters. The van der Waals surface area contributed by atoms with Gasteiger partial charge in [0.1, 0.15) is 0 Å². The van der Waals surface area contributed by atoms with Crippen molar-refractivity contribution in [1.29, 1.82) is 0 Å². The topological polar surface area (TPSA) is 112 Å². The number of ether oxygens (including phenoxy) is 1. The van der Waals surface area contributed by atoms with E-state index in [9.17, 15) is 14.0 Å². The third-order valence-corrected chi connectivity index (χ3v) is 5.01. The quantitative estimate of drug-likeness (QED) is 0.600. The summed E-state index contributed by atoms with van der Waals surface area (Å²) in [4.78, 5) is 13.5. The molecule has 0 aliphatic heterocycles. The molecule has 0 aromatic carbocycles. The van der Waals surface area contributed by atoms with Crippen LogP contribution in [0.25, 0.3) is 0 Å². The van der Waals surface area contributed by atoms with E-state index >= 15 is 0 Å². The van der Waals surface area contributed by atoms with Gasteiger partial charge in [0.15, 0.2) is 0 Å². The van der Waals surface area contributed by atoms with E-state index in [1.54, 1.807) is 19.1 Å². The molecule has 0 spiro atoms. The molecule has 0 aliphatic carbocycles. The number of pyridine rings is 1. The Balaban J connectivity index is 3.38. The first-order chi connectivity index (χ1) is 8.04. The standard InChI is InChI=1S/C8H12N2O5P2/c1-2-14-8(16-11,17(12,13)15-9)7-5-3-4-6-10-7/h3-6H,2,9H2,1H3,(H,12,13). The zero-order chi connectivity index (χ0) is 12.9. The van der Waals surface area contributed by atoms with Crippen LogP contribution in [0.5, 0.6) is 0 Å². The van der Waals surface area contributed by atoms with Gasteiger partial charge in [0.05, 0.1) is 5.69 Å². The zero-order valence-electron chi connectivity index (χ0n) is 9.02. The van der Waals surface area contributed by atoms with Gasteiger partial charge < -0.3 is 9.63 Å². The number of hydrogen-bond acceptors (Lipinski definition) is 6. The van der Waals surface area contributed by atoms with Gasteiger partial charge in [0.2, 0.25) is 8.46 Å². The molecule has 0 bridgehead atoms. The van der Waals surface area contributed by atoms with Crippen LogP contribution in [0.4, 0.5) is 0 Å². The van der Waals surface area contributed by atoms with Gasteiger partial charge in [-0.15, -0.1) is 0 Å². The summed E-state index contributed by atoms with van der Waals surface area (Å²) in [6.07, 6.45) is 1.38. The minimum Gasteiger partial charge on any atom is -0.347 e. The van der Waals surface area contributed by atoms with Crippen molar-refractivity contribution in [1.82, 2.24) is 4.98 Å². The Bertz CT molecular complexity index is 429. The van der Waals surface area contributed by atoms with E-state index in [1.807, 2.05) is 0 Å². The molecule has 94 valence electrons. The number of nitrogens with two attached hydrogens (primary N) is 1. The van der Waals surface area contributed by atoms with Crippen LogP contribution in [0.1, 0.15) is 12.6 Å². The summed E-state index contributed by atoms with van der Waals surface area (Å²) in [6.45, 7) is 1.62. The lowest BCUT2D eigenvalue weighted by Gasteiger charge is -2.28. The Morgan fingerprint density at radius 1 is 1.65 bits per heavy atom. The molecule has 7 nitrogen and oxygen atoms in total. The molecule has 1 aromatic heterocycles. The highest BCUT2D eigenvalue weighted by Crippen LogP contribution is 2.65. The second-order valence-corrected chi connectivity index (χ2v) is 6.02. The summed E-state index contributed by atoms with van der Waals surface area (Å²) in [5.74, 6) is 4.77. The molecular formula is C8H12N2O5P2. The first-order valence-electron chi connectivity index (χ1n) is 4.65. The van der Waals surface area contributed by atoms with Crippen LogP contribution in [0.2, 0.25) is 0 Å². The van der Waals surface area contributed by atoms with Crippen LogP contribution in [0.15, 0.2) is 24.4 Å². The Morgan fingerprint density at radius 2 is 2.35 bits per heavy atom. The van der Waals surface area contributed by atoms with Gasteiger partial charge >= 0.3 is 7.60 Å². The van der Waals surface area contributed by atoms with Crippen molar-refractivity contribution in [3.8, 4) is 0 Å². The molecule has 17 heavy (non-hydrogen) atoms. The van der Waals surface area contributed by atoms with E-state index in [4.69, 9.17) is 10.6 Å². The van der Waals surface area contributed by atoms with Crippen molar-refractivity contribution in [3.05, 3.63) is 30.1 Å². The second-order valence-electron chi connectivity index (χ2n) is 2.97. The average Bonchev–Trinajstić information content (AvgIpc) is 2.36. The van der Waals surface area contributed by atoms with Gasteiger partial charge in [0.25, 0.3) is 5.08 Å². The van der Waals surface area contributed by atoms with Crippen LogP contribution >= 0.6 is 16.1 Å². The first-order valence-corrected chi connectivity index (χ1v) is 7.04. The van der Waals surface area contributed by atoms with Gasteiger partial charge in [-0.25, -0.2) is 10.5 Å². The highest BCUT2D eigenvalue weighted by atomic mass is 31.2. The molecule has 0 amide bonds. The predicted molar refractivity (Wildman–Crippen MR) is 60.2 cm³/mol. The predicted octanol–water partition coefficient (Wildman–Crippen LogP) is 1.60. The molecule has 9 heteroatoms. The maximum atomic E-state index is 11.9. The van der Waals surface area contributed by atoms with Crippen molar-refractivity contribution < 1.29 is 23.4 Å². The Labute approximate surface area is 99.6 Å². The maximum Gasteiger partial charge on any atom is 0.394 e. The fourth-order valence-electron chi connectivity index (χ4n) is 1.25. The van der Waals surface area contributed by atoms with Gasteiger partial charge in [-0.05, 0) is 19.1 Å². The highest BCUT2D eigenvalue weighted by molar-refractivity contribution is 7.63. The molecule has 2 atom stereocenters. The monoisotopic (exact) mass is 278 g/mol.